The fourth-order valence-corrected chi connectivity index (χ4v) is 2.12. The van der Waals surface area contributed by atoms with Crippen LogP contribution in [0.15, 0.2) is 24.3 Å². The van der Waals surface area contributed by atoms with Crippen molar-refractivity contribution in [2.75, 3.05) is 0 Å². The molecule has 22 heavy (non-hydrogen) atoms. The molecule has 1 aromatic rings. The fourth-order valence-electron chi connectivity index (χ4n) is 2.12. The summed E-state index contributed by atoms with van der Waals surface area (Å²) in [6.07, 6.45) is 8.80. The second kappa shape index (κ2) is 13.4. The molecule has 0 amide bonds. The topological polar surface area (TPSA) is 74.6 Å². The Bertz CT molecular complexity index is 434. The van der Waals surface area contributed by atoms with Gasteiger partial charge in [-0.2, -0.15) is 0 Å². The van der Waals surface area contributed by atoms with Gasteiger partial charge in [-0.05, 0) is 0 Å². The number of carboxylic acid groups (broad SMARTS) is 2. The summed E-state index contributed by atoms with van der Waals surface area (Å²) in [4.78, 5) is 18.9. The molecule has 2 N–H and O–H groups in total. The van der Waals surface area contributed by atoms with Crippen LogP contribution in [0.4, 0.5) is 0 Å². The molecule has 0 fully saturated rings. The van der Waals surface area contributed by atoms with E-state index in [0.717, 1.165) is 0 Å². The third-order valence-corrected chi connectivity index (χ3v) is 3.36. The summed E-state index contributed by atoms with van der Waals surface area (Å²) in [7, 11) is 0. The van der Waals surface area contributed by atoms with E-state index in [1.54, 1.807) is 0 Å². The van der Waals surface area contributed by atoms with Gasteiger partial charge in [-0.15, -0.1) is 0 Å². The number of rotatable bonds is 9. The number of carboxylic acids is 2. The third kappa shape index (κ3) is 12.5. The average molecular weight is 300 g/mol. The molecule has 0 unspecified atom stereocenters. The summed E-state index contributed by atoms with van der Waals surface area (Å²) in [6, 6.07) is 8.76. The molecular weight excluding hydrogens is 275 g/mol. The van der Waals surface area contributed by atoms with Gasteiger partial charge in [-0.3, -0.25) is 9.59 Å². The molecule has 0 heterocycles. The number of aryl methyl sites for hydroxylation is 1. The molecule has 0 aromatic heterocycles. The number of benzene rings is 1. The van der Waals surface area contributed by atoms with Crippen molar-refractivity contribution in [3.05, 3.63) is 29.8 Å². The van der Waals surface area contributed by atoms with Crippen molar-refractivity contribution in [2.24, 2.45) is 0 Å². The van der Waals surface area contributed by atoms with Crippen LogP contribution in [0.3, 0.4) is 0 Å². The zero-order valence-corrected chi connectivity index (χ0v) is 13.7. The van der Waals surface area contributed by atoms with Gasteiger partial charge in [0.25, 0.3) is 0 Å². The second-order valence-corrected chi connectivity index (χ2v) is 5.41. The van der Waals surface area contributed by atoms with E-state index < -0.39 is 18.4 Å². The molecule has 1 rings (SSSR count). The van der Waals surface area contributed by atoms with Crippen LogP contribution >= 0.6 is 0 Å². The predicted octanol–water partition coefficient (Wildman–Crippen LogP) is 2.93. The van der Waals surface area contributed by atoms with Crippen molar-refractivity contribution in [3.8, 4) is 0 Å². The van der Waals surface area contributed by atoms with Crippen molar-refractivity contribution in [2.45, 2.75) is 58.3 Å². The van der Waals surface area contributed by atoms with Crippen molar-refractivity contribution >= 4 is 33.9 Å². The summed E-state index contributed by atoms with van der Waals surface area (Å²) in [5, 5.41) is 15.4. The van der Waals surface area contributed by atoms with Gasteiger partial charge in [0.1, 0.15) is 6.42 Å². The van der Waals surface area contributed by atoms with Gasteiger partial charge in [0.15, 0.2) is 0 Å². The summed E-state index contributed by atoms with van der Waals surface area (Å²) in [5.41, 5.74) is 1.54. The van der Waals surface area contributed by atoms with Crippen LogP contribution in [-0.2, 0) is 16.0 Å². The Morgan fingerprint density at radius 1 is 0.955 bits per heavy atom. The van der Waals surface area contributed by atoms with Gasteiger partial charge in [0.2, 0.25) is 0 Å². The Kier molecular flexibility index (Phi) is 12.7. The van der Waals surface area contributed by atoms with Crippen LogP contribution in [-0.4, -0.2) is 39.9 Å². The molecule has 0 aliphatic heterocycles. The Hall–Kier alpha value is -1.24. The van der Waals surface area contributed by atoms with E-state index in [4.69, 9.17) is 10.2 Å². The van der Waals surface area contributed by atoms with E-state index in [9.17, 15) is 9.59 Å². The summed E-state index contributed by atoms with van der Waals surface area (Å²) in [6.45, 7) is 2.27. The first-order valence-corrected chi connectivity index (χ1v) is 7.95. The molecule has 0 saturated carbocycles. The number of hydrogen-bond acceptors (Lipinski definition) is 2. The van der Waals surface area contributed by atoms with Crippen molar-refractivity contribution in [1.29, 1.82) is 0 Å². The van der Waals surface area contributed by atoms with Crippen molar-refractivity contribution in [1.82, 2.24) is 0 Å². The third-order valence-electron chi connectivity index (χ3n) is 3.36. The first kappa shape index (κ1) is 20.8. The number of unbranched alkanes of at least 4 members (excludes halogenated alkanes) is 5. The van der Waals surface area contributed by atoms with E-state index in [0.29, 0.717) is 0 Å². The monoisotopic (exact) mass is 300 g/mol. The normalized spacial score (nSPS) is 9.77. The molecule has 5 heteroatoms. The number of hydrogen-bond donors (Lipinski definition) is 2. The van der Waals surface area contributed by atoms with Gasteiger partial charge < -0.3 is 10.2 Å². The quantitative estimate of drug-likeness (QED) is 0.418. The van der Waals surface area contributed by atoms with Gasteiger partial charge >= 0.3 is 116 Å². The Morgan fingerprint density at radius 2 is 1.50 bits per heavy atom. The van der Waals surface area contributed by atoms with Crippen LogP contribution in [0.25, 0.3) is 0 Å². The molecule has 0 atom stereocenters. The van der Waals surface area contributed by atoms with Gasteiger partial charge in [0, 0.05) is 0 Å². The number of carbonyl (C=O) groups is 2. The minimum atomic E-state index is -1.31. The number of aliphatic carboxylic acids is 2. The van der Waals surface area contributed by atoms with E-state index in [1.807, 2.05) is 0 Å². The zero-order valence-electron chi connectivity index (χ0n) is 13.7. The van der Waals surface area contributed by atoms with Gasteiger partial charge in [-0.1, -0.05) is 0 Å². The van der Waals surface area contributed by atoms with Crippen LogP contribution in [0.5, 0.6) is 0 Å². The zero-order chi connectivity index (χ0) is 16.8. The molecule has 0 bridgehead atoms. The maximum absolute atomic E-state index is 9.43. The molecule has 0 aliphatic carbocycles. The first-order valence-electron chi connectivity index (χ1n) is 7.95. The minimum absolute atomic E-state index is 0.806. The molecule has 1 aromatic carbocycles. The van der Waals surface area contributed by atoms with E-state index in [-0.39, 0.29) is 0 Å². The maximum atomic E-state index is 9.43. The van der Waals surface area contributed by atoms with E-state index >= 15 is 0 Å². The molecular formula is C17H25LiO4. The molecule has 0 aliphatic rings. The summed E-state index contributed by atoms with van der Waals surface area (Å²) in [5.74, 6) is -2.62. The van der Waals surface area contributed by atoms with Crippen molar-refractivity contribution < 1.29 is 19.8 Å². The van der Waals surface area contributed by atoms with Gasteiger partial charge in [0.05, 0.1) is 0 Å². The van der Waals surface area contributed by atoms with Gasteiger partial charge in [-0.25, -0.2) is 0 Å². The Labute approximate surface area is 142 Å². The SMILES string of the molecule is O=C(O)CC(=O)O.[Li][c]1ccccc1CCCCCCCC. The van der Waals surface area contributed by atoms with Crippen LogP contribution in [0, 0.1) is 0 Å². The summed E-state index contributed by atoms with van der Waals surface area (Å²) >= 11 is 2.21. The van der Waals surface area contributed by atoms with E-state index in [2.05, 4.69) is 48.9 Å². The molecule has 0 saturated heterocycles. The Morgan fingerprint density at radius 3 is 2.00 bits per heavy atom. The fraction of sp³-hybridized carbons (Fsp3) is 0.529. The van der Waals surface area contributed by atoms with E-state index in [1.165, 1.54) is 54.7 Å². The molecule has 118 valence electrons. The molecule has 0 radical (unpaired) electrons. The molecule has 0 spiro atoms. The molecule has 4 nitrogen and oxygen atoms in total. The summed E-state index contributed by atoms with van der Waals surface area (Å²) < 4.78 is 1.45. The van der Waals surface area contributed by atoms with Crippen molar-refractivity contribution in [3.63, 3.8) is 0 Å². The first-order chi connectivity index (χ1) is 10.5. The van der Waals surface area contributed by atoms with Crippen LogP contribution in [0.2, 0.25) is 0 Å². The average Bonchev–Trinajstić information content (AvgIpc) is 2.43. The van der Waals surface area contributed by atoms with Crippen LogP contribution < -0.4 is 4.24 Å². The van der Waals surface area contributed by atoms with Crippen LogP contribution in [0.1, 0.15) is 57.4 Å². The predicted molar refractivity (Wildman–Crippen MR) is 88.8 cm³/mol. The standard InChI is InChI=1S/C14H21.C3H4O4.Li/c1-2-3-4-5-6-8-11-14-12-9-7-10-13-14;4-2(5)1-3(6)7;/h7,9-10,12H,2-6,8,11H2,1H3;1H2,(H,4,5)(H,6,7);. The Balaban J connectivity index is 0.000000534. The second-order valence-electron chi connectivity index (χ2n) is 5.41.